The van der Waals surface area contributed by atoms with Crippen molar-refractivity contribution in [3.63, 3.8) is 0 Å². The average molecular weight is 485 g/mol. The molecule has 1 saturated heterocycles. The number of hydrogen-bond acceptors (Lipinski definition) is 6. The number of phenols is 1. The summed E-state index contributed by atoms with van der Waals surface area (Å²) in [6, 6.07) is 14.8. The number of unbranched alkanes of at least 4 members (excludes halogenated alkanes) is 2. The highest BCUT2D eigenvalue weighted by atomic mass is 32.2. The van der Waals surface area contributed by atoms with Gasteiger partial charge in [0.1, 0.15) is 4.32 Å². The van der Waals surface area contributed by atoms with Gasteiger partial charge in [-0.3, -0.25) is 14.5 Å². The molecular weight excluding hydrogens is 456 g/mol. The smallest absolute Gasteiger partial charge is 0.266 e. The van der Waals surface area contributed by atoms with Gasteiger partial charge in [0.05, 0.1) is 11.5 Å². The molecule has 8 heteroatoms. The van der Waals surface area contributed by atoms with Crippen LogP contribution in [0.15, 0.2) is 53.4 Å². The molecule has 2 N–H and O–H groups in total. The number of thioether (sulfide) groups is 1. The maximum absolute atomic E-state index is 12.8. The molecular formula is C25H28N2O4S2. The topological polar surface area (TPSA) is 78.9 Å². The number of thiocarbonyl (C=S) groups is 1. The zero-order chi connectivity index (χ0) is 23.6. The first-order valence-electron chi connectivity index (χ1n) is 11.0. The van der Waals surface area contributed by atoms with Crippen molar-refractivity contribution in [2.24, 2.45) is 0 Å². The van der Waals surface area contributed by atoms with Crippen LogP contribution < -0.4 is 10.1 Å². The van der Waals surface area contributed by atoms with Crippen molar-refractivity contribution >= 4 is 46.2 Å². The lowest BCUT2D eigenvalue weighted by molar-refractivity contribution is -0.123. The van der Waals surface area contributed by atoms with Crippen molar-refractivity contribution in [2.75, 3.05) is 13.2 Å². The molecule has 0 aromatic heterocycles. The van der Waals surface area contributed by atoms with E-state index in [1.54, 1.807) is 29.2 Å². The Labute approximate surface area is 204 Å². The van der Waals surface area contributed by atoms with E-state index in [-0.39, 0.29) is 17.6 Å². The first kappa shape index (κ1) is 24.8. The quantitative estimate of drug-likeness (QED) is 0.269. The Morgan fingerprint density at radius 2 is 1.97 bits per heavy atom. The van der Waals surface area contributed by atoms with E-state index in [1.165, 1.54) is 11.8 Å². The Kier molecular flexibility index (Phi) is 9.33. The van der Waals surface area contributed by atoms with Crippen LogP contribution in [0.3, 0.4) is 0 Å². The Bertz CT molecular complexity index is 1020. The second-order valence-corrected chi connectivity index (χ2v) is 9.24. The molecule has 1 heterocycles. The molecule has 1 aliphatic heterocycles. The van der Waals surface area contributed by atoms with Crippen LogP contribution in [-0.4, -0.2) is 39.3 Å². The summed E-state index contributed by atoms with van der Waals surface area (Å²) in [4.78, 5) is 27.0. The predicted octanol–water partition coefficient (Wildman–Crippen LogP) is 4.87. The van der Waals surface area contributed by atoms with Crippen LogP contribution >= 0.6 is 24.0 Å². The molecule has 3 rings (SSSR count). The molecule has 1 aliphatic rings. The Morgan fingerprint density at radius 1 is 1.18 bits per heavy atom. The molecule has 0 saturated carbocycles. The molecule has 0 bridgehead atoms. The SMILES string of the molecule is CCOc1cc(/C=C2\SC(=S)N(CCCCCC(=O)NCc3ccccc3)C2=O)ccc1O. The summed E-state index contributed by atoms with van der Waals surface area (Å²) in [5.74, 6) is 0.370. The third-order valence-electron chi connectivity index (χ3n) is 5.07. The van der Waals surface area contributed by atoms with Gasteiger partial charge in [-0.1, -0.05) is 66.8 Å². The fourth-order valence-corrected chi connectivity index (χ4v) is 4.66. The third kappa shape index (κ3) is 7.33. The van der Waals surface area contributed by atoms with E-state index in [1.807, 2.05) is 37.3 Å². The molecule has 33 heavy (non-hydrogen) atoms. The zero-order valence-corrected chi connectivity index (χ0v) is 20.2. The highest BCUT2D eigenvalue weighted by molar-refractivity contribution is 8.26. The van der Waals surface area contributed by atoms with Gasteiger partial charge in [0, 0.05) is 19.5 Å². The van der Waals surface area contributed by atoms with Crippen LogP contribution in [0.4, 0.5) is 0 Å². The first-order chi connectivity index (χ1) is 16.0. The number of nitrogens with one attached hydrogen (secondary N) is 1. The van der Waals surface area contributed by atoms with E-state index in [2.05, 4.69) is 5.32 Å². The van der Waals surface area contributed by atoms with E-state index in [0.29, 0.717) is 41.1 Å². The Morgan fingerprint density at radius 3 is 2.73 bits per heavy atom. The lowest BCUT2D eigenvalue weighted by Gasteiger charge is -2.14. The molecule has 0 spiro atoms. The molecule has 0 radical (unpaired) electrons. The van der Waals surface area contributed by atoms with Crippen LogP contribution in [0, 0.1) is 0 Å². The number of phenolic OH excluding ortho intramolecular Hbond substituents is 1. The van der Waals surface area contributed by atoms with Gasteiger partial charge in [-0.2, -0.15) is 0 Å². The Balaban J connectivity index is 1.42. The van der Waals surface area contributed by atoms with Crippen LogP contribution in [0.5, 0.6) is 11.5 Å². The maximum Gasteiger partial charge on any atom is 0.266 e. The number of benzene rings is 2. The van der Waals surface area contributed by atoms with Gasteiger partial charge in [-0.15, -0.1) is 0 Å². The lowest BCUT2D eigenvalue weighted by Crippen LogP contribution is -2.29. The van der Waals surface area contributed by atoms with Crippen molar-refractivity contribution in [1.29, 1.82) is 0 Å². The number of nitrogens with zero attached hydrogens (tertiary/aromatic N) is 1. The largest absolute Gasteiger partial charge is 0.504 e. The second kappa shape index (κ2) is 12.4. The predicted molar refractivity (Wildman–Crippen MR) is 136 cm³/mol. The fraction of sp³-hybridized carbons (Fsp3) is 0.320. The number of aromatic hydroxyl groups is 1. The molecule has 6 nitrogen and oxygen atoms in total. The molecule has 0 atom stereocenters. The van der Waals surface area contributed by atoms with Crippen molar-refractivity contribution in [3.8, 4) is 11.5 Å². The van der Waals surface area contributed by atoms with E-state index < -0.39 is 0 Å². The summed E-state index contributed by atoms with van der Waals surface area (Å²) in [7, 11) is 0. The van der Waals surface area contributed by atoms with E-state index >= 15 is 0 Å². The number of carbonyl (C=O) groups is 2. The van der Waals surface area contributed by atoms with Gasteiger partial charge in [0.2, 0.25) is 5.91 Å². The molecule has 0 unspecified atom stereocenters. The standard InChI is InChI=1S/C25H28N2O4S2/c1-2-31-21-15-19(12-13-20(21)28)16-22-24(30)27(25(32)33-22)14-8-4-7-11-23(29)26-17-18-9-5-3-6-10-18/h3,5-6,9-10,12-13,15-16,28H,2,4,7-8,11,14,17H2,1H3,(H,26,29)/b22-16-. The highest BCUT2D eigenvalue weighted by Gasteiger charge is 2.31. The number of amides is 2. The highest BCUT2D eigenvalue weighted by Crippen LogP contribution is 2.34. The minimum atomic E-state index is -0.114. The van der Waals surface area contributed by atoms with Gasteiger partial charge in [0.15, 0.2) is 11.5 Å². The average Bonchev–Trinajstić information content (AvgIpc) is 3.07. The summed E-state index contributed by atoms with van der Waals surface area (Å²) in [6.45, 7) is 3.35. The lowest BCUT2D eigenvalue weighted by atomic mass is 10.1. The number of rotatable bonds is 11. The van der Waals surface area contributed by atoms with Crippen molar-refractivity contribution in [3.05, 3.63) is 64.6 Å². The van der Waals surface area contributed by atoms with E-state index in [0.717, 1.165) is 30.4 Å². The second-order valence-electron chi connectivity index (χ2n) is 7.57. The number of ether oxygens (including phenoxy) is 1. The van der Waals surface area contributed by atoms with Crippen molar-refractivity contribution < 1.29 is 19.4 Å². The van der Waals surface area contributed by atoms with Gasteiger partial charge < -0.3 is 15.2 Å². The number of carbonyl (C=O) groups excluding carboxylic acids is 2. The summed E-state index contributed by atoms with van der Waals surface area (Å²) >= 11 is 6.67. The summed E-state index contributed by atoms with van der Waals surface area (Å²) in [6.07, 6.45) is 4.61. The van der Waals surface area contributed by atoms with Crippen molar-refractivity contribution in [1.82, 2.24) is 10.2 Å². The van der Waals surface area contributed by atoms with Crippen LogP contribution in [-0.2, 0) is 16.1 Å². The minimum absolute atomic E-state index is 0.0349. The molecule has 2 aromatic rings. The first-order valence-corrected chi connectivity index (χ1v) is 12.2. The fourth-order valence-electron chi connectivity index (χ4n) is 3.35. The molecule has 1 fully saturated rings. The summed E-state index contributed by atoms with van der Waals surface area (Å²) in [5.41, 5.74) is 1.84. The minimum Gasteiger partial charge on any atom is -0.504 e. The van der Waals surface area contributed by atoms with Gasteiger partial charge in [-0.05, 0) is 49.1 Å². The van der Waals surface area contributed by atoms with Crippen LogP contribution in [0.25, 0.3) is 6.08 Å². The van der Waals surface area contributed by atoms with Gasteiger partial charge in [-0.25, -0.2) is 0 Å². The Hall–Kier alpha value is -2.84. The number of hydrogen-bond donors (Lipinski definition) is 2. The maximum atomic E-state index is 12.8. The third-order valence-corrected chi connectivity index (χ3v) is 6.45. The summed E-state index contributed by atoms with van der Waals surface area (Å²) < 4.78 is 5.94. The van der Waals surface area contributed by atoms with Crippen LogP contribution in [0.1, 0.15) is 43.7 Å². The van der Waals surface area contributed by atoms with E-state index in [4.69, 9.17) is 17.0 Å². The molecule has 0 aliphatic carbocycles. The van der Waals surface area contributed by atoms with Gasteiger partial charge in [0.25, 0.3) is 5.91 Å². The van der Waals surface area contributed by atoms with Gasteiger partial charge >= 0.3 is 0 Å². The van der Waals surface area contributed by atoms with E-state index in [9.17, 15) is 14.7 Å². The summed E-state index contributed by atoms with van der Waals surface area (Å²) in [5, 5.41) is 12.8. The van der Waals surface area contributed by atoms with Crippen LogP contribution in [0.2, 0.25) is 0 Å². The molecule has 174 valence electrons. The van der Waals surface area contributed by atoms with Crippen molar-refractivity contribution in [2.45, 2.75) is 39.2 Å². The zero-order valence-electron chi connectivity index (χ0n) is 18.6. The molecule has 2 aromatic carbocycles. The normalized spacial score (nSPS) is 14.7. The monoisotopic (exact) mass is 484 g/mol. The molecule has 2 amide bonds.